The molecule has 0 amide bonds. The van der Waals surface area contributed by atoms with Gasteiger partial charge in [-0.2, -0.15) is 0 Å². The number of rotatable bonds is 1. The highest BCUT2D eigenvalue weighted by Crippen LogP contribution is 2.38. The summed E-state index contributed by atoms with van der Waals surface area (Å²) in [6.07, 6.45) is 1.44. The zero-order valence-corrected chi connectivity index (χ0v) is 10.6. The quantitative estimate of drug-likeness (QED) is 0.754. The molecule has 3 nitrogen and oxygen atoms in total. The molecule has 17 heavy (non-hydrogen) atoms. The van der Waals surface area contributed by atoms with Gasteiger partial charge in [0.2, 0.25) is 0 Å². The van der Waals surface area contributed by atoms with Crippen molar-refractivity contribution in [3.8, 4) is 0 Å². The average molecular weight is 232 g/mol. The zero-order valence-electron chi connectivity index (χ0n) is 10.6. The van der Waals surface area contributed by atoms with Crippen molar-refractivity contribution in [2.24, 2.45) is 0 Å². The van der Waals surface area contributed by atoms with Crippen LogP contribution in [0.15, 0.2) is 18.2 Å². The van der Waals surface area contributed by atoms with Crippen molar-refractivity contribution in [2.45, 2.75) is 45.0 Å². The van der Waals surface area contributed by atoms with Gasteiger partial charge in [0.1, 0.15) is 0 Å². The number of benzene rings is 1. The van der Waals surface area contributed by atoms with E-state index in [4.69, 9.17) is 10.5 Å². The van der Waals surface area contributed by atoms with Gasteiger partial charge < -0.3 is 10.5 Å². The first kappa shape index (κ1) is 11.1. The first-order chi connectivity index (χ1) is 8.09. The number of anilines is 1. The zero-order chi connectivity index (χ0) is 12.0. The van der Waals surface area contributed by atoms with Crippen LogP contribution in [-0.4, -0.2) is 23.1 Å². The number of ether oxygens (including phenoxy) is 1. The number of nitrogens with two attached hydrogens (primary N) is 1. The molecule has 1 saturated heterocycles. The molecule has 2 heterocycles. The molecule has 0 aromatic heterocycles. The first-order valence-corrected chi connectivity index (χ1v) is 6.33. The molecule has 0 saturated carbocycles. The summed E-state index contributed by atoms with van der Waals surface area (Å²) >= 11 is 0. The maximum absolute atomic E-state index is 5.85. The predicted octanol–water partition coefficient (Wildman–Crippen LogP) is 2.15. The van der Waals surface area contributed by atoms with Gasteiger partial charge in [-0.3, -0.25) is 4.90 Å². The monoisotopic (exact) mass is 232 g/mol. The van der Waals surface area contributed by atoms with Gasteiger partial charge in [0.25, 0.3) is 0 Å². The highest BCUT2D eigenvalue weighted by molar-refractivity contribution is 5.46. The summed E-state index contributed by atoms with van der Waals surface area (Å²) in [5.74, 6) is 0. The van der Waals surface area contributed by atoms with E-state index in [1.165, 1.54) is 11.1 Å². The summed E-state index contributed by atoms with van der Waals surface area (Å²) in [7, 11) is 0. The number of nitrogens with zero attached hydrogens (tertiary/aromatic N) is 1. The van der Waals surface area contributed by atoms with Gasteiger partial charge in [-0.15, -0.1) is 0 Å². The van der Waals surface area contributed by atoms with Crippen LogP contribution in [0.3, 0.4) is 0 Å². The van der Waals surface area contributed by atoms with E-state index in [1.807, 2.05) is 6.07 Å². The van der Waals surface area contributed by atoms with Crippen LogP contribution in [0.4, 0.5) is 5.69 Å². The highest BCUT2D eigenvalue weighted by Gasteiger charge is 2.43. The van der Waals surface area contributed by atoms with Gasteiger partial charge >= 0.3 is 0 Å². The van der Waals surface area contributed by atoms with Crippen LogP contribution in [-0.2, 0) is 17.8 Å². The molecule has 0 radical (unpaired) electrons. The van der Waals surface area contributed by atoms with Gasteiger partial charge in [0, 0.05) is 30.9 Å². The Kier molecular flexibility index (Phi) is 2.42. The van der Waals surface area contributed by atoms with Crippen LogP contribution in [0.25, 0.3) is 0 Å². The second-order valence-electron chi connectivity index (χ2n) is 5.50. The number of fused-ring (bicyclic) bond motifs is 1. The van der Waals surface area contributed by atoms with Crippen molar-refractivity contribution < 1.29 is 4.74 Å². The Labute approximate surface area is 103 Å². The Morgan fingerprint density at radius 2 is 2.12 bits per heavy atom. The molecule has 1 aromatic rings. The van der Waals surface area contributed by atoms with Crippen LogP contribution >= 0.6 is 0 Å². The standard InChI is InChI=1S/C14H20N2O/c1-10-14(2,5-6-17-10)16-8-11-3-4-13(15)7-12(11)9-16/h3-4,7,10H,5-6,8-9,15H2,1-2H3. The molecule has 0 aliphatic carbocycles. The van der Waals surface area contributed by atoms with Crippen LogP contribution in [0.1, 0.15) is 31.4 Å². The predicted molar refractivity (Wildman–Crippen MR) is 68.5 cm³/mol. The third-order valence-corrected chi connectivity index (χ3v) is 4.53. The van der Waals surface area contributed by atoms with Crippen LogP contribution < -0.4 is 5.73 Å². The largest absolute Gasteiger partial charge is 0.399 e. The van der Waals surface area contributed by atoms with Crippen molar-refractivity contribution in [1.82, 2.24) is 4.90 Å². The van der Waals surface area contributed by atoms with Gasteiger partial charge in [0.05, 0.1) is 6.10 Å². The summed E-state index contributed by atoms with van der Waals surface area (Å²) in [6, 6.07) is 6.27. The third-order valence-electron chi connectivity index (χ3n) is 4.53. The minimum Gasteiger partial charge on any atom is -0.399 e. The fourth-order valence-corrected chi connectivity index (χ4v) is 3.02. The molecule has 3 rings (SSSR count). The molecule has 92 valence electrons. The lowest BCUT2D eigenvalue weighted by molar-refractivity contribution is 0.0177. The Balaban J connectivity index is 1.86. The van der Waals surface area contributed by atoms with E-state index in [2.05, 4.69) is 30.9 Å². The molecule has 2 aliphatic heterocycles. The normalized spacial score (nSPS) is 32.9. The molecule has 2 atom stereocenters. The number of nitrogen functional groups attached to an aromatic ring is 1. The lowest BCUT2D eigenvalue weighted by Gasteiger charge is -2.37. The first-order valence-electron chi connectivity index (χ1n) is 6.33. The van der Waals surface area contributed by atoms with Crippen molar-refractivity contribution in [2.75, 3.05) is 12.3 Å². The third kappa shape index (κ3) is 1.65. The summed E-state index contributed by atoms with van der Waals surface area (Å²) in [5, 5.41) is 0. The minimum atomic E-state index is 0.174. The van der Waals surface area contributed by atoms with Gasteiger partial charge in [-0.1, -0.05) is 6.07 Å². The second-order valence-corrected chi connectivity index (χ2v) is 5.50. The van der Waals surface area contributed by atoms with E-state index < -0.39 is 0 Å². The fraction of sp³-hybridized carbons (Fsp3) is 0.571. The van der Waals surface area contributed by atoms with Gasteiger partial charge in [0.15, 0.2) is 0 Å². The van der Waals surface area contributed by atoms with E-state index in [-0.39, 0.29) is 5.54 Å². The molecule has 2 aliphatic rings. The molecular formula is C14H20N2O. The molecule has 1 fully saturated rings. The number of hydrogen-bond acceptors (Lipinski definition) is 3. The lowest BCUT2D eigenvalue weighted by Crippen LogP contribution is -2.48. The molecule has 0 bridgehead atoms. The van der Waals surface area contributed by atoms with E-state index in [9.17, 15) is 0 Å². The van der Waals surface area contributed by atoms with Crippen LogP contribution in [0, 0.1) is 0 Å². The van der Waals surface area contributed by atoms with Crippen LogP contribution in [0.5, 0.6) is 0 Å². The van der Waals surface area contributed by atoms with E-state index in [0.29, 0.717) is 6.10 Å². The second kappa shape index (κ2) is 3.72. The summed E-state index contributed by atoms with van der Waals surface area (Å²) in [6.45, 7) is 7.42. The topological polar surface area (TPSA) is 38.5 Å². The fourth-order valence-electron chi connectivity index (χ4n) is 3.02. The minimum absolute atomic E-state index is 0.174. The highest BCUT2D eigenvalue weighted by atomic mass is 16.5. The van der Waals surface area contributed by atoms with Crippen molar-refractivity contribution >= 4 is 5.69 Å². The van der Waals surface area contributed by atoms with Crippen molar-refractivity contribution in [3.05, 3.63) is 29.3 Å². The number of hydrogen-bond donors (Lipinski definition) is 1. The Bertz CT molecular complexity index is 446. The average Bonchev–Trinajstić information content (AvgIpc) is 2.84. The summed E-state index contributed by atoms with van der Waals surface area (Å²) in [4.78, 5) is 2.54. The Hall–Kier alpha value is -1.06. The molecule has 1 aromatic carbocycles. The van der Waals surface area contributed by atoms with Gasteiger partial charge in [-0.05, 0) is 43.5 Å². The molecule has 0 spiro atoms. The van der Waals surface area contributed by atoms with E-state index >= 15 is 0 Å². The summed E-state index contributed by atoms with van der Waals surface area (Å²) in [5.41, 5.74) is 9.68. The van der Waals surface area contributed by atoms with E-state index in [1.54, 1.807) is 0 Å². The lowest BCUT2D eigenvalue weighted by atomic mass is 9.92. The molecular weight excluding hydrogens is 212 g/mol. The molecule has 3 heteroatoms. The maximum Gasteiger partial charge on any atom is 0.0729 e. The smallest absolute Gasteiger partial charge is 0.0729 e. The van der Waals surface area contributed by atoms with Crippen LogP contribution in [0.2, 0.25) is 0 Å². The maximum atomic E-state index is 5.85. The summed E-state index contributed by atoms with van der Waals surface area (Å²) < 4.78 is 5.74. The van der Waals surface area contributed by atoms with Gasteiger partial charge in [-0.25, -0.2) is 0 Å². The van der Waals surface area contributed by atoms with E-state index in [0.717, 1.165) is 31.8 Å². The van der Waals surface area contributed by atoms with Crippen molar-refractivity contribution in [1.29, 1.82) is 0 Å². The van der Waals surface area contributed by atoms with Crippen molar-refractivity contribution in [3.63, 3.8) is 0 Å². The molecule has 2 unspecified atom stereocenters. The Morgan fingerprint density at radius 3 is 2.82 bits per heavy atom. The molecule has 2 N–H and O–H groups in total. The Morgan fingerprint density at radius 1 is 1.35 bits per heavy atom. The SMILES string of the molecule is CC1OCCC1(C)N1Cc2ccc(N)cc2C1.